The number of hydrogen-bond donors (Lipinski definition) is 7. The van der Waals surface area contributed by atoms with Crippen LogP contribution < -0.4 is 0 Å². The number of ether oxygens (including phenoxy) is 2. The fourth-order valence-corrected chi connectivity index (χ4v) is 8.63. The Balaban J connectivity index is 2.63. The van der Waals surface area contributed by atoms with Crippen molar-refractivity contribution in [2.45, 2.75) is 217 Å². The molecule has 1 saturated carbocycles. The molecule has 0 heterocycles. The lowest BCUT2D eigenvalue weighted by atomic mass is 9.85. The lowest BCUT2D eigenvalue weighted by Gasteiger charge is -2.43. The number of aliphatic hydroxyl groups is 4. The second kappa shape index (κ2) is 37.5. The predicted molar refractivity (Wildman–Crippen MR) is 251 cm³/mol. The summed E-state index contributed by atoms with van der Waals surface area (Å²) in [6, 6.07) is 0. The average molecular weight is 981 g/mol. The zero-order valence-electron chi connectivity index (χ0n) is 39.4. The summed E-state index contributed by atoms with van der Waals surface area (Å²) in [6.45, 7) is 2.90. The van der Waals surface area contributed by atoms with Crippen molar-refractivity contribution < 1.29 is 81.7 Å². The summed E-state index contributed by atoms with van der Waals surface area (Å²) < 4.78 is 49.3. The Labute approximate surface area is 392 Å². The molecule has 0 aromatic rings. The van der Waals surface area contributed by atoms with Crippen LogP contribution in [0.5, 0.6) is 0 Å². The van der Waals surface area contributed by atoms with Gasteiger partial charge in [-0.15, -0.1) is 0 Å². The Morgan fingerprint density at radius 2 is 1.02 bits per heavy atom. The molecule has 66 heavy (non-hydrogen) atoms. The molecule has 0 radical (unpaired) electrons. The summed E-state index contributed by atoms with van der Waals surface area (Å²) in [5.74, 6) is -1.17. The highest BCUT2D eigenvalue weighted by atomic mass is 31.2. The summed E-state index contributed by atoms with van der Waals surface area (Å²) in [5, 5.41) is 41.2. The number of allylic oxidation sites excluding steroid dienone is 8. The minimum absolute atomic E-state index is 0.0192. The third-order valence-corrected chi connectivity index (χ3v) is 12.4. The van der Waals surface area contributed by atoms with E-state index in [1.165, 1.54) is 64.2 Å². The Bertz CT molecular complexity index is 1530. The summed E-state index contributed by atoms with van der Waals surface area (Å²) in [6.07, 6.45) is 23.4. The Morgan fingerprint density at radius 3 is 1.59 bits per heavy atom. The zero-order chi connectivity index (χ0) is 49.1. The summed E-state index contributed by atoms with van der Waals surface area (Å²) in [5.41, 5.74) is 0. The fourth-order valence-electron chi connectivity index (χ4n) is 7.09. The molecule has 19 heteroatoms. The highest BCUT2D eigenvalue weighted by Gasteiger charge is 2.54. The fraction of sp³-hybridized carbons (Fsp3) is 0.766. The molecule has 0 spiro atoms. The molecule has 0 saturated heterocycles. The smallest absolute Gasteiger partial charge is 0.462 e. The van der Waals surface area contributed by atoms with E-state index < -0.39 is 83.5 Å². The number of ketones is 1. The second-order valence-electron chi connectivity index (χ2n) is 16.9. The van der Waals surface area contributed by atoms with E-state index in [9.17, 15) is 58.6 Å². The van der Waals surface area contributed by atoms with Crippen LogP contribution >= 0.6 is 15.6 Å². The standard InChI is InChI=1S/C47H82O17P2/c1-3-5-7-8-9-10-11-12-13-14-17-21-24-27-31-35-41(50)62-39(37-61-66(58,59)64-47-44(53)42(51)43(52)46(45(47)54)63-65(55,56)57)36-60-40(49)34-30-26-23-20-18-15-16-19-22-25-29-33-38(48)32-28-6-4-2/h15-16,20,22-23,25,29,33,39,42-47,51-54H,3-14,17-19,21,24,26-28,30-32,34-37H2,1-2H3,(H,58,59)(H2,55,56,57)/b16-15-,23-20-,25-22-,33-29+/t39-,42?,43?,44?,45?,46-,47+/m1/s1. The molecule has 0 aromatic heterocycles. The molecule has 8 atom stereocenters. The maximum Gasteiger partial charge on any atom is 0.472 e. The molecular formula is C47H82O17P2. The molecule has 5 unspecified atom stereocenters. The summed E-state index contributed by atoms with van der Waals surface area (Å²) >= 11 is 0. The van der Waals surface area contributed by atoms with Gasteiger partial charge in [0.25, 0.3) is 0 Å². The number of rotatable bonds is 40. The molecule has 1 rings (SSSR count). The van der Waals surface area contributed by atoms with E-state index in [2.05, 4.69) is 18.4 Å². The number of carbonyl (C=O) groups is 3. The monoisotopic (exact) mass is 981 g/mol. The van der Waals surface area contributed by atoms with Gasteiger partial charge in [-0.1, -0.05) is 159 Å². The lowest BCUT2D eigenvalue weighted by molar-refractivity contribution is -0.216. The number of unbranched alkanes of at least 4 members (excludes halogenated alkanes) is 17. The highest BCUT2D eigenvalue weighted by molar-refractivity contribution is 7.47. The Kier molecular flexibility index (Phi) is 35.0. The molecule has 1 aliphatic rings. The molecule has 1 aliphatic carbocycles. The van der Waals surface area contributed by atoms with Crippen LogP contribution in [0.2, 0.25) is 0 Å². The molecule has 0 amide bonds. The van der Waals surface area contributed by atoms with Gasteiger partial charge in [-0.2, -0.15) is 0 Å². The Morgan fingerprint density at radius 1 is 0.530 bits per heavy atom. The van der Waals surface area contributed by atoms with Crippen LogP contribution in [0.4, 0.5) is 0 Å². The minimum atomic E-state index is -5.38. The molecule has 0 bridgehead atoms. The van der Waals surface area contributed by atoms with Gasteiger partial charge in [0, 0.05) is 19.3 Å². The van der Waals surface area contributed by atoms with Crippen molar-refractivity contribution >= 4 is 33.4 Å². The quantitative estimate of drug-likeness (QED) is 0.00757. The van der Waals surface area contributed by atoms with Crippen LogP contribution in [0.15, 0.2) is 48.6 Å². The van der Waals surface area contributed by atoms with E-state index in [1.54, 1.807) is 12.2 Å². The highest BCUT2D eigenvalue weighted by Crippen LogP contribution is 2.49. The van der Waals surface area contributed by atoms with Crippen molar-refractivity contribution in [3.63, 3.8) is 0 Å². The number of aliphatic hydroxyl groups excluding tert-OH is 4. The van der Waals surface area contributed by atoms with Gasteiger partial charge >= 0.3 is 27.6 Å². The van der Waals surface area contributed by atoms with Gasteiger partial charge in [0.05, 0.1) is 6.61 Å². The third-order valence-electron chi connectivity index (χ3n) is 10.9. The van der Waals surface area contributed by atoms with Gasteiger partial charge in [0.15, 0.2) is 11.9 Å². The number of phosphoric ester groups is 2. The van der Waals surface area contributed by atoms with Crippen molar-refractivity contribution in [1.29, 1.82) is 0 Å². The van der Waals surface area contributed by atoms with E-state index in [0.717, 1.165) is 51.4 Å². The van der Waals surface area contributed by atoms with Gasteiger partial charge in [-0.25, -0.2) is 9.13 Å². The van der Waals surface area contributed by atoms with Crippen LogP contribution in [0.1, 0.15) is 174 Å². The van der Waals surface area contributed by atoms with Crippen molar-refractivity contribution in [2.24, 2.45) is 0 Å². The molecule has 0 aromatic carbocycles. The van der Waals surface area contributed by atoms with E-state index in [-0.39, 0.29) is 18.6 Å². The normalized spacial score (nSPS) is 21.8. The van der Waals surface area contributed by atoms with Gasteiger partial charge in [-0.05, 0) is 44.6 Å². The number of esters is 2. The van der Waals surface area contributed by atoms with E-state index in [0.29, 0.717) is 32.1 Å². The zero-order valence-corrected chi connectivity index (χ0v) is 41.1. The number of carbonyl (C=O) groups excluding carboxylic acids is 3. The van der Waals surface area contributed by atoms with Crippen molar-refractivity contribution in [2.75, 3.05) is 13.2 Å². The molecule has 382 valence electrons. The van der Waals surface area contributed by atoms with E-state index >= 15 is 0 Å². The van der Waals surface area contributed by atoms with Crippen molar-refractivity contribution in [3.05, 3.63) is 48.6 Å². The second-order valence-corrected chi connectivity index (χ2v) is 19.5. The van der Waals surface area contributed by atoms with Crippen LogP contribution in [0.25, 0.3) is 0 Å². The maximum atomic E-state index is 13.0. The first-order valence-electron chi connectivity index (χ1n) is 24.1. The molecule has 17 nitrogen and oxygen atoms in total. The van der Waals surface area contributed by atoms with Crippen LogP contribution in [0, 0.1) is 0 Å². The summed E-state index contributed by atoms with van der Waals surface area (Å²) in [4.78, 5) is 66.0. The van der Waals surface area contributed by atoms with Crippen LogP contribution in [0.3, 0.4) is 0 Å². The van der Waals surface area contributed by atoms with Gasteiger partial charge in [-0.3, -0.25) is 28.0 Å². The molecule has 1 fully saturated rings. The first-order valence-corrected chi connectivity index (χ1v) is 27.2. The van der Waals surface area contributed by atoms with Crippen LogP contribution in [-0.4, -0.2) is 109 Å². The average Bonchev–Trinajstić information content (AvgIpc) is 3.26. The predicted octanol–water partition coefficient (Wildman–Crippen LogP) is 8.46. The molecule has 7 N–H and O–H groups in total. The first kappa shape index (κ1) is 61.6. The maximum absolute atomic E-state index is 13.0. The Hall–Kier alpha value is -2.37. The topological polar surface area (TPSA) is 273 Å². The van der Waals surface area contributed by atoms with Crippen LogP contribution in [-0.2, 0) is 46.6 Å². The van der Waals surface area contributed by atoms with Gasteiger partial charge in [0.2, 0.25) is 0 Å². The first-order chi connectivity index (χ1) is 31.5. The van der Waals surface area contributed by atoms with Gasteiger partial charge < -0.3 is 44.6 Å². The minimum Gasteiger partial charge on any atom is -0.462 e. The largest absolute Gasteiger partial charge is 0.472 e. The van der Waals surface area contributed by atoms with Crippen molar-refractivity contribution in [1.82, 2.24) is 0 Å². The lowest BCUT2D eigenvalue weighted by Crippen LogP contribution is -2.64. The van der Waals surface area contributed by atoms with E-state index in [1.807, 2.05) is 36.5 Å². The number of hydrogen-bond acceptors (Lipinski definition) is 14. The summed E-state index contributed by atoms with van der Waals surface area (Å²) in [7, 11) is -10.7. The van der Waals surface area contributed by atoms with Crippen molar-refractivity contribution in [3.8, 4) is 0 Å². The molecule has 0 aliphatic heterocycles. The van der Waals surface area contributed by atoms with E-state index in [4.69, 9.17) is 18.5 Å². The third kappa shape index (κ3) is 31.6. The van der Waals surface area contributed by atoms with Gasteiger partial charge in [0.1, 0.15) is 43.2 Å². The molecular weight excluding hydrogens is 898 g/mol. The SMILES string of the molecule is CCCCCCCCCCCCCCCCCC(=O)O[C@H](COC(=O)CCC/C=C\C/C=C\C/C=C\C=C\C(=O)CCCCC)COP(=O)(O)O[C@H]1C(O)C(O)C(O)[C@@H](OP(=O)(O)O)C1O. The number of phosphoric acid groups is 2.